The van der Waals surface area contributed by atoms with E-state index in [1.54, 1.807) is 23.6 Å². The van der Waals surface area contributed by atoms with Crippen LogP contribution in [0.15, 0.2) is 18.3 Å². The van der Waals surface area contributed by atoms with Crippen molar-refractivity contribution < 1.29 is 1.37 Å². The Bertz CT molecular complexity index is 436. The highest BCUT2D eigenvalue weighted by Crippen LogP contribution is 2.25. The van der Waals surface area contributed by atoms with Crippen molar-refractivity contribution >= 4 is 21.7 Å². The maximum atomic E-state index is 7.65. The Hall–Kier alpha value is -0.960. The Morgan fingerprint density at radius 3 is 3.08 bits per heavy atom. The first-order valence-electron chi connectivity index (χ1n) is 4.40. The Kier molecular flexibility index (Phi) is 1.54. The first kappa shape index (κ1) is 6.54. The first-order valence-corrected chi connectivity index (χ1v) is 4.72. The summed E-state index contributed by atoms with van der Waals surface area (Å²) in [4.78, 5) is 8.48. The highest BCUT2D eigenvalue weighted by Gasteiger charge is 2.06. The number of aromatic nitrogens is 2. The summed E-state index contributed by atoms with van der Waals surface area (Å²) in [5.41, 5.74) is 0.709. The zero-order valence-corrected chi connectivity index (χ0v) is 7.85. The van der Waals surface area contributed by atoms with Gasteiger partial charge in [-0.15, -0.1) is 11.3 Å². The third-order valence-corrected chi connectivity index (χ3v) is 2.88. The second-order valence-corrected chi connectivity index (χ2v) is 3.98. The molecule has 3 heteroatoms. The summed E-state index contributed by atoms with van der Waals surface area (Å²) in [7, 11) is 0. The Morgan fingerprint density at radius 1 is 1.58 bits per heavy atom. The summed E-state index contributed by atoms with van der Waals surface area (Å²) in [6, 6.07) is 2.22. The van der Waals surface area contributed by atoms with Crippen molar-refractivity contribution in [2.24, 2.45) is 0 Å². The minimum Gasteiger partial charge on any atom is -0.236 e. The molecule has 0 fully saturated rings. The fourth-order valence-electron chi connectivity index (χ4n) is 0.977. The number of fused-ring (bicyclic) bond motifs is 1. The van der Waals surface area contributed by atoms with E-state index < -0.39 is 0 Å². The fraction of sp³-hybridized carbons (Fsp3) is 0.333. The van der Waals surface area contributed by atoms with Crippen molar-refractivity contribution in [2.75, 3.05) is 0 Å². The predicted molar refractivity (Wildman–Crippen MR) is 51.5 cm³/mol. The van der Waals surface area contributed by atoms with Crippen LogP contribution in [0.1, 0.15) is 26.1 Å². The van der Waals surface area contributed by atoms with E-state index in [-0.39, 0.29) is 0 Å². The van der Waals surface area contributed by atoms with Crippen LogP contribution in [-0.2, 0) is 0 Å². The number of hydrogen-bond donors (Lipinski definition) is 0. The predicted octanol–water partition coefficient (Wildman–Crippen LogP) is 2.81. The van der Waals surface area contributed by atoms with Gasteiger partial charge in [-0.2, -0.15) is 0 Å². The van der Waals surface area contributed by atoms with Crippen molar-refractivity contribution in [1.82, 2.24) is 9.97 Å². The van der Waals surface area contributed by atoms with Crippen LogP contribution < -0.4 is 0 Å². The second kappa shape index (κ2) is 2.83. The molecule has 0 amide bonds. The number of rotatable bonds is 1. The molecule has 12 heavy (non-hydrogen) atoms. The van der Waals surface area contributed by atoms with Gasteiger partial charge in [0, 0.05) is 12.1 Å². The van der Waals surface area contributed by atoms with Crippen LogP contribution in [0, 0.1) is 0 Å². The summed E-state index contributed by atoms with van der Waals surface area (Å²) in [6.45, 7) is 4.20. The zero-order chi connectivity index (χ0) is 9.42. The molecule has 0 aliphatic rings. The van der Waals surface area contributed by atoms with Gasteiger partial charge in [-0.25, -0.2) is 9.97 Å². The van der Waals surface area contributed by atoms with Crippen molar-refractivity contribution in [3.8, 4) is 0 Å². The number of nitrogens with zero attached hydrogens (tertiary/aromatic N) is 2. The standard InChI is InChI=1S/C9H10N2S/c1-6(2)9-11-8-7(12-9)4-3-5-10-8/h3-6H,1-2H3/i4T. The van der Waals surface area contributed by atoms with E-state index in [0.29, 0.717) is 17.6 Å². The largest absolute Gasteiger partial charge is 0.236 e. The highest BCUT2D eigenvalue weighted by molar-refractivity contribution is 7.18. The number of thiazole rings is 1. The third-order valence-electron chi connectivity index (χ3n) is 1.61. The summed E-state index contributed by atoms with van der Waals surface area (Å²) in [6.07, 6.45) is 1.63. The lowest BCUT2D eigenvalue weighted by Crippen LogP contribution is -1.83. The number of pyridine rings is 1. The molecule has 0 aromatic carbocycles. The van der Waals surface area contributed by atoms with Crippen molar-refractivity contribution in [3.05, 3.63) is 23.3 Å². The molecular weight excluding hydrogens is 168 g/mol. The van der Waals surface area contributed by atoms with Gasteiger partial charge in [-0.1, -0.05) is 13.8 Å². The first-order chi connectivity index (χ1) is 6.18. The van der Waals surface area contributed by atoms with Crippen LogP contribution in [0.3, 0.4) is 0 Å². The summed E-state index contributed by atoms with van der Waals surface area (Å²) >= 11 is 1.57. The van der Waals surface area contributed by atoms with E-state index in [1.165, 1.54) is 0 Å². The van der Waals surface area contributed by atoms with Gasteiger partial charge in [-0.05, 0) is 12.1 Å². The molecule has 0 aliphatic carbocycles. The number of hydrogen-bond acceptors (Lipinski definition) is 3. The van der Waals surface area contributed by atoms with E-state index in [1.807, 2.05) is 0 Å². The Labute approximate surface area is 76.7 Å². The van der Waals surface area contributed by atoms with Gasteiger partial charge < -0.3 is 0 Å². The van der Waals surface area contributed by atoms with Crippen LogP contribution in [0.4, 0.5) is 0 Å². The third kappa shape index (κ3) is 1.20. The zero-order valence-electron chi connectivity index (χ0n) is 8.03. The molecule has 0 atom stereocenters. The average Bonchev–Trinajstić information content (AvgIpc) is 2.49. The molecule has 2 nitrogen and oxygen atoms in total. The molecule has 2 rings (SSSR count). The van der Waals surface area contributed by atoms with Crippen LogP contribution in [0.25, 0.3) is 10.3 Å². The lowest BCUT2D eigenvalue weighted by Gasteiger charge is -1.93. The average molecular weight is 180 g/mol. The molecule has 0 aliphatic heterocycles. The maximum absolute atomic E-state index is 7.65. The molecule has 0 saturated heterocycles. The summed E-state index contributed by atoms with van der Waals surface area (Å²) in [5, 5.41) is 1.06. The highest BCUT2D eigenvalue weighted by atomic mass is 32.1. The summed E-state index contributed by atoms with van der Waals surface area (Å²) < 4.78 is 8.54. The molecule has 0 N–H and O–H groups in total. The smallest absolute Gasteiger partial charge is 0.170 e. The van der Waals surface area contributed by atoms with Gasteiger partial charge in [0.25, 0.3) is 0 Å². The molecule has 62 valence electrons. The second-order valence-electron chi connectivity index (χ2n) is 2.95. The Morgan fingerprint density at radius 2 is 2.42 bits per heavy atom. The molecule has 0 bridgehead atoms. The van der Waals surface area contributed by atoms with Crippen molar-refractivity contribution in [3.63, 3.8) is 0 Å². The van der Waals surface area contributed by atoms with Crippen molar-refractivity contribution in [2.45, 2.75) is 19.8 Å². The molecular formula is C9H10N2S. The quantitative estimate of drug-likeness (QED) is 0.674. The monoisotopic (exact) mass is 180 g/mol. The van der Waals surface area contributed by atoms with E-state index in [0.717, 1.165) is 9.71 Å². The molecule has 2 aromatic rings. The molecule has 2 aromatic heterocycles. The minimum atomic E-state index is 0.415. The molecule has 0 radical (unpaired) electrons. The van der Waals surface area contributed by atoms with Crippen LogP contribution >= 0.6 is 11.3 Å². The van der Waals surface area contributed by atoms with Gasteiger partial charge in [0.05, 0.1) is 11.1 Å². The maximum Gasteiger partial charge on any atom is 0.170 e. The van der Waals surface area contributed by atoms with Gasteiger partial charge in [0.1, 0.15) is 0 Å². The van der Waals surface area contributed by atoms with Crippen LogP contribution in [0.5, 0.6) is 0 Å². The van der Waals surface area contributed by atoms with Crippen molar-refractivity contribution in [1.29, 1.82) is 0 Å². The van der Waals surface area contributed by atoms with Crippen LogP contribution in [0.2, 0.25) is 0 Å². The molecule has 0 unspecified atom stereocenters. The molecule has 2 heterocycles. The summed E-state index contributed by atoms with van der Waals surface area (Å²) in [5.74, 6) is 0.415. The van der Waals surface area contributed by atoms with Gasteiger partial charge in [-0.3, -0.25) is 0 Å². The van der Waals surface area contributed by atoms with E-state index >= 15 is 0 Å². The SMILES string of the molecule is [3H]c1ccnc2nc(C(C)C)sc12. The van der Waals surface area contributed by atoms with Gasteiger partial charge in [0.2, 0.25) is 0 Å². The van der Waals surface area contributed by atoms with Crippen LogP contribution in [-0.4, -0.2) is 9.97 Å². The lowest BCUT2D eigenvalue weighted by atomic mass is 10.2. The van der Waals surface area contributed by atoms with E-state index in [4.69, 9.17) is 1.37 Å². The fourth-order valence-corrected chi connectivity index (χ4v) is 1.87. The normalized spacial score (nSPS) is 12.4. The van der Waals surface area contributed by atoms with E-state index in [9.17, 15) is 0 Å². The lowest BCUT2D eigenvalue weighted by molar-refractivity contribution is 0.855. The van der Waals surface area contributed by atoms with Gasteiger partial charge in [0.15, 0.2) is 5.65 Å². The molecule has 0 spiro atoms. The van der Waals surface area contributed by atoms with E-state index in [2.05, 4.69) is 23.8 Å². The topological polar surface area (TPSA) is 25.8 Å². The van der Waals surface area contributed by atoms with Gasteiger partial charge >= 0.3 is 0 Å². The Balaban J connectivity index is 2.68. The minimum absolute atomic E-state index is 0.415. The molecule has 0 saturated carbocycles.